The van der Waals surface area contributed by atoms with Crippen molar-refractivity contribution in [3.63, 3.8) is 0 Å². The number of fused-ring (bicyclic) bond motifs is 1. The van der Waals surface area contributed by atoms with Crippen LogP contribution < -0.4 is 0 Å². The monoisotopic (exact) mass is 201 g/mol. The molecule has 80 valence electrons. The van der Waals surface area contributed by atoms with Gasteiger partial charge in [-0.15, -0.1) is 0 Å². The highest BCUT2D eigenvalue weighted by atomic mass is 15.1. The van der Waals surface area contributed by atoms with Crippen molar-refractivity contribution in [3.05, 3.63) is 41.0 Å². The number of hydrogen-bond donors (Lipinski definition) is 0. The lowest BCUT2D eigenvalue weighted by atomic mass is 9.93. The molecule has 0 saturated carbocycles. The average molecular weight is 201 g/mol. The van der Waals surface area contributed by atoms with Gasteiger partial charge in [0.1, 0.15) is 0 Å². The minimum atomic E-state index is 0.592. The third-order valence-electron chi connectivity index (χ3n) is 3.29. The molecular weight excluding hydrogens is 182 g/mol. The second kappa shape index (κ2) is 3.41. The minimum absolute atomic E-state index is 0.592. The zero-order valence-corrected chi connectivity index (χ0v) is 10.1. The summed E-state index contributed by atoms with van der Waals surface area (Å²) < 4.78 is 0. The van der Waals surface area contributed by atoms with Crippen LogP contribution in [0.15, 0.2) is 18.7 Å². The van der Waals surface area contributed by atoms with E-state index in [2.05, 4.69) is 51.4 Å². The van der Waals surface area contributed by atoms with Gasteiger partial charge in [0, 0.05) is 24.9 Å². The highest BCUT2D eigenvalue weighted by molar-refractivity contribution is 5.70. The molecule has 0 fully saturated rings. The molecule has 1 aromatic rings. The maximum atomic E-state index is 4.13. The Labute approximate surface area is 92.4 Å². The summed E-state index contributed by atoms with van der Waals surface area (Å²) in [4.78, 5) is 2.22. The molecule has 0 radical (unpaired) electrons. The summed E-state index contributed by atoms with van der Waals surface area (Å²) in [5.41, 5.74) is 6.78. The first-order valence-electron chi connectivity index (χ1n) is 5.54. The Hall–Kier alpha value is -1.24. The zero-order valence-electron chi connectivity index (χ0n) is 10.1. The summed E-state index contributed by atoms with van der Waals surface area (Å²) in [5, 5.41) is 0. The SMILES string of the molecule is C=C1c2cc(C(C)C)c(C)cc2CN1C. The van der Waals surface area contributed by atoms with E-state index in [4.69, 9.17) is 0 Å². The van der Waals surface area contributed by atoms with Crippen LogP contribution in [0, 0.1) is 6.92 Å². The molecule has 0 amide bonds. The van der Waals surface area contributed by atoms with Crippen molar-refractivity contribution in [2.75, 3.05) is 7.05 Å². The maximum Gasteiger partial charge on any atom is 0.0433 e. The number of rotatable bonds is 1. The number of hydrogen-bond acceptors (Lipinski definition) is 1. The summed E-state index contributed by atoms with van der Waals surface area (Å²) in [5.74, 6) is 0.592. The van der Waals surface area contributed by atoms with Crippen LogP contribution >= 0.6 is 0 Å². The van der Waals surface area contributed by atoms with Crippen LogP contribution in [0.5, 0.6) is 0 Å². The quantitative estimate of drug-likeness (QED) is 0.672. The van der Waals surface area contributed by atoms with Crippen LogP contribution in [0.2, 0.25) is 0 Å². The predicted octanol–water partition coefficient (Wildman–Crippen LogP) is 3.53. The van der Waals surface area contributed by atoms with Crippen molar-refractivity contribution in [3.8, 4) is 0 Å². The molecule has 0 N–H and O–H groups in total. The molecule has 0 aliphatic carbocycles. The lowest BCUT2D eigenvalue weighted by Gasteiger charge is -2.12. The Morgan fingerprint density at radius 1 is 1.33 bits per heavy atom. The van der Waals surface area contributed by atoms with E-state index in [-0.39, 0.29) is 0 Å². The fourth-order valence-corrected chi connectivity index (χ4v) is 2.36. The standard InChI is InChI=1S/C14H19N/c1-9(2)13-7-14-11(4)15(5)8-12(14)6-10(13)3/h6-7,9H,4,8H2,1-3,5H3. The van der Waals surface area contributed by atoms with Gasteiger partial charge < -0.3 is 4.90 Å². The summed E-state index contributed by atoms with van der Waals surface area (Å²) in [6.07, 6.45) is 0. The van der Waals surface area contributed by atoms with Crippen molar-refractivity contribution in [2.45, 2.75) is 33.2 Å². The molecule has 1 heterocycles. The summed E-state index contributed by atoms with van der Waals surface area (Å²) >= 11 is 0. The minimum Gasteiger partial charge on any atom is -0.370 e. The van der Waals surface area contributed by atoms with E-state index < -0.39 is 0 Å². The highest BCUT2D eigenvalue weighted by Crippen LogP contribution is 2.34. The van der Waals surface area contributed by atoms with Gasteiger partial charge in [-0.25, -0.2) is 0 Å². The van der Waals surface area contributed by atoms with Crippen molar-refractivity contribution in [1.29, 1.82) is 0 Å². The maximum absolute atomic E-state index is 4.13. The van der Waals surface area contributed by atoms with Crippen LogP contribution in [0.25, 0.3) is 5.70 Å². The molecule has 1 aromatic carbocycles. The van der Waals surface area contributed by atoms with Gasteiger partial charge in [-0.05, 0) is 35.6 Å². The molecule has 1 nitrogen and oxygen atoms in total. The molecule has 1 heteroatoms. The van der Waals surface area contributed by atoms with E-state index in [1.807, 2.05) is 0 Å². The molecule has 0 unspecified atom stereocenters. The van der Waals surface area contributed by atoms with Crippen molar-refractivity contribution in [2.24, 2.45) is 0 Å². The Bertz CT molecular complexity index is 416. The normalized spacial score (nSPS) is 15.0. The molecule has 2 rings (SSSR count). The molecule has 1 aliphatic rings. The fourth-order valence-electron chi connectivity index (χ4n) is 2.36. The average Bonchev–Trinajstić information content (AvgIpc) is 2.41. The summed E-state index contributed by atoms with van der Waals surface area (Å²) in [7, 11) is 2.10. The highest BCUT2D eigenvalue weighted by Gasteiger charge is 2.20. The van der Waals surface area contributed by atoms with Crippen molar-refractivity contribution in [1.82, 2.24) is 4.90 Å². The van der Waals surface area contributed by atoms with Gasteiger partial charge >= 0.3 is 0 Å². The van der Waals surface area contributed by atoms with Crippen molar-refractivity contribution >= 4 is 5.70 Å². The van der Waals surface area contributed by atoms with Gasteiger partial charge in [-0.1, -0.05) is 26.5 Å². The van der Waals surface area contributed by atoms with E-state index >= 15 is 0 Å². The van der Waals surface area contributed by atoms with Crippen LogP contribution in [0.4, 0.5) is 0 Å². The number of nitrogens with zero attached hydrogens (tertiary/aromatic N) is 1. The first-order valence-corrected chi connectivity index (χ1v) is 5.54. The zero-order chi connectivity index (χ0) is 11.2. The van der Waals surface area contributed by atoms with Crippen LogP contribution in [0.3, 0.4) is 0 Å². The Morgan fingerprint density at radius 3 is 2.60 bits per heavy atom. The van der Waals surface area contributed by atoms with Crippen LogP contribution in [-0.2, 0) is 6.54 Å². The van der Waals surface area contributed by atoms with E-state index in [1.165, 1.54) is 22.3 Å². The van der Waals surface area contributed by atoms with E-state index in [0.717, 1.165) is 12.2 Å². The van der Waals surface area contributed by atoms with Crippen LogP contribution in [-0.4, -0.2) is 11.9 Å². The van der Waals surface area contributed by atoms with Crippen LogP contribution in [0.1, 0.15) is 42.0 Å². The lowest BCUT2D eigenvalue weighted by molar-refractivity contribution is 0.501. The molecule has 0 bridgehead atoms. The predicted molar refractivity (Wildman–Crippen MR) is 65.8 cm³/mol. The van der Waals surface area contributed by atoms with Gasteiger partial charge in [0.2, 0.25) is 0 Å². The molecule has 0 spiro atoms. The molecule has 1 aliphatic heterocycles. The van der Waals surface area contributed by atoms with Gasteiger partial charge in [0.05, 0.1) is 0 Å². The van der Waals surface area contributed by atoms with E-state index in [1.54, 1.807) is 0 Å². The Balaban J connectivity index is 2.55. The van der Waals surface area contributed by atoms with Gasteiger partial charge in [0.25, 0.3) is 0 Å². The first kappa shape index (κ1) is 10.3. The Kier molecular flexibility index (Phi) is 2.34. The van der Waals surface area contributed by atoms with Gasteiger partial charge in [-0.3, -0.25) is 0 Å². The third kappa shape index (κ3) is 1.56. The van der Waals surface area contributed by atoms with Crippen molar-refractivity contribution < 1.29 is 0 Å². The second-order valence-corrected chi connectivity index (χ2v) is 4.82. The second-order valence-electron chi connectivity index (χ2n) is 4.82. The number of benzene rings is 1. The molecule has 0 atom stereocenters. The smallest absolute Gasteiger partial charge is 0.0433 e. The topological polar surface area (TPSA) is 3.24 Å². The first-order chi connectivity index (χ1) is 7.00. The lowest BCUT2D eigenvalue weighted by Crippen LogP contribution is -2.05. The third-order valence-corrected chi connectivity index (χ3v) is 3.29. The molecular formula is C14H19N. The molecule has 0 saturated heterocycles. The molecule has 0 aromatic heterocycles. The largest absolute Gasteiger partial charge is 0.370 e. The van der Waals surface area contributed by atoms with E-state index in [0.29, 0.717) is 5.92 Å². The van der Waals surface area contributed by atoms with Gasteiger partial charge in [-0.2, -0.15) is 0 Å². The number of aryl methyl sites for hydroxylation is 1. The van der Waals surface area contributed by atoms with E-state index in [9.17, 15) is 0 Å². The summed E-state index contributed by atoms with van der Waals surface area (Å²) in [6.45, 7) is 11.8. The summed E-state index contributed by atoms with van der Waals surface area (Å²) in [6, 6.07) is 4.64. The Morgan fingerprint density at radius 2 is 2.00 bits per heavy atom. The van der Waals surface area contributed by atoms with Gasteiger partial charge in [0.15, 0.2) is 0 Å². The fraction of sp³-hybridized carbons (Fsp3) is 0.429. The molecule has 15 heavy (non-hydrogen) atoms.